The number of hydrogen-bond acceptors (Lipinski definition) is 2. The highest BCUT2D eigenvalue weighted by atomic mass is 19.1. The maximum absolute atomic E-state index is 17.6. The predicted molar refractivity (Wildman–Crippen MR) is 308 cm³/mol. The van der Waals surface area contributed by atoms with E-state index in [0.717, 1.165) is 104 Å². The van der Waals surface area contributed by atoms with Crippen molar-refractivity contribution in [3.8, 4) is 33.6 Å². The molecule has 5 aromatic heterocycles. The van der Waals surface area contributed by atoms with Crippen LogP contribution >= 0.6 is 0 Å². The van der Waals surface area contributed by atoms with E-state index in [9.17, 15) is 0 Å². The molecule has 360 valence electrons. The molecule has 0 radical (unpaired) electrons. The van der Waals surface area contributed by atoms with Crippen molar-refractivity contribution in [2.24, 2.45) is 0 Å². The summed E-state index contributed by atoms with van der Waals surface area (Å²) in [6.45, 7) is 4.53. The average Bonchev–Trinajstić information content (AvgIpc) is 4.27. The molecule has 0 amide bonds. The summed E-state index contributed by atoms with van der Waals surface area (Å²) in [6.07, 6.45) is 0. The number of para-hydroxylation sites is 6. The summed E-state index contributed by atoms with van der Waals surface area (Å²) in [5.41, 5.74) is 11.5. The predicted octanol–water partition coefficient (Wildman–Crippen LogP) is 19.2. The highest BCUT2D eigenvalue weighted by Crippen LogP contribution is 2.54. The Kier molecular flexibility index (Phi) is 8.80. The molecule has 0 aliphatic carbocycles. The van der Waals surface area contributed by atoms with Crippen LogP contribution in [0.25, 0.3) is 143 Å². The average molecular weight is 984 g/mol. The van der Waals surface area contributed by atoms with Gasteiger partial charge in [0.15, 0.2) is 11.2 Å². The molecular weight excluding hydrogens is 941 g/mol. The van der Waals surface area contributed by atoms with E-state index in [1.54, 1.807) is 12.1 Å². The van der Waals surface area contributed by atoms with Gasteiger partial charge in [-0.05, 0) is 80.6 Å². The summed E-state index contributed by atoms with van der Waals surface area (Å²) in [5.74, 6) is -0.820. The van der Waals surface area contributed by atoms with Crippen LogP contribution in [0.4, 0.5) is 8.78 Å². The Bertz CT molecular complexity index is 4830. The molecule has 5 heterocycles. The van der Waals surface area contributed by atoms with Gasteiger partial charge in [0.05, 0.1) is 39.0 Å². The summed E-state index contributed by atoms with van der Waals surface area (Å²) in [7, 11) is 0. The second-order valence-electron chi connectivity index (χ2n) is 20.5. The quantitative estimate of drug-likeness (QED) is 0.167. The molecule has 5 nitrogen and oxygen atoms in total. The van der Waals surface area contributed by atoms with Gasteiger partial charge in [-0.1, -0.05) is 158 Å². The lowest BCUT2D eigenvalue weighted by Crippen LogP contribution is -2.31. The van der Waals surface area contributed by atoms with E-state index in [0.29, 0.717) is 44.8 Å². The fourth-order valence-electron chi connectivity index (χ4n) is 13.0. The lowest BCUT2D eigenvalue weighted by molar-refractivity contribution is 0.462. The van der Waals surface area contributed by atoms with Gasteiger partial charge in [0.1, 0.15) is 22.8 Å². The van der Waals surface area contributed by atoms with E-state index in [-0.39, 0.29) is 0 Å². The third-order valence-corrected chi connectivity index (χ3v) is 16.2. The first-order valence-corrected chi connectivity index (χ1v) is 25.7. The number of rotatable bonds is 6. The third kappa shape index (κ3) is 5.71. The fourth-order valence-corrected chi connectivity index (χ4v) is 13.0. The zero-order valence-electron chi connectivity index (χ0n) is 41.3. The van der Waals surface area contributed by atoms with Crippen LogP contribution in [0, 0.1) is 11.6 Å². The Balaban J connectivity index is 1.24. The largest absolute Gasteiger partial charge is 0.454 e. The lowest BCUT2D eigenvalue weighted by Gasteiger charge is -2.37. The maximum Gasteiger partial charge on any atom is 0.160 e. The first-order valence-electron chi connectivity index (χ1n) is 25.7. The number of nitrogens with zero attached hydrogens (tertiary/aromatic N) is 3. The van der Waals surface area contributed by atoms with Gasteiger partial charge in [-0.15, -0.1) is 0 Å². The number of benzene rings is 11. The van der Waals surface area contributed by atoms with Crippen LogP contribution in [0.15, 0.2) is 233 Å². The molecule has 16 aromatic rings. The summed E-state index contributed by atoms with van der Waals surface area (Å²) < 4.78 is 56.4. The van der Waals surface area contributed by atoms with Gasteiger partial charge >= 0.3 is 0 Å². The molecule has 11 aromatic carbocycles. The van der Waals surface area contributed by atoms with Gasteiger partial charge in [0.25, 0.3) is 0 Å². The molecule has 0 saturated heterocycles. The summed E-state index contributed by atoms with van der Waals surface area (Å²) in [5, 5.41) is 10.0. The molecule has 76 heavy (non-hydrogen) atoms. The second-order valence-corrected chi connectivity index (χ2v) is 20.5. The number of fused-ring (bicyclic) bond motifs is 17. The Morgan fingerprint density at radius 1 is 0.329 bits per heavy atom. The zero-order valence-corrected chi connectivity index (χ0v) is 41.3. The maximum atomic E-state index is 17.6. The molecule has 0 bridgehead atoms. The van der Waals surface area contributed by atoms with Gasteiger partial charge in [-0.25, -0.2) is 8.78 Å². The second kappa shape index (κ2) is 15.7. The van der Waals surface area contributed by atoms with Crippen molar-refractivity contribution in [2.45, 2.75) is 19.4 Å². The SMILES string of the molecule is CC(C)(c1c(-n2c3ccccc3c3ccc4c5ccccc5oc4c32)c(-c2ccccc2F)cc(-c2ccccc2F)c1-n1c2ccccc2c2ccc3c4ccccc4oc3c21)n1c2ccccc2c2ccccc21. The summed E-state index contributed by atoms with van der Waals surface area (Å²) in [4.78, 5) is 0. The number of furan rings is 2. The molecule has 0 N–H and O–H groups in total. The van der Waals surface area contributed by atoms with E-state index < -0.39 is 17.2 Å². The standard InChI is InChI=1S/C69H43F2N3O2/c1-69(2,74-58-31-15-7-21-42(58)43-22-8-16-32-59(43)74)62-63(72-56-29-13-5-23-44(56)48-35-37-50-46-25-9-17-33-60(46)75-67(50)65(48)72)52(40-19-3-11-27-54(40)70)39-53(41-20-4-12-28-55(41)71)64(62)73-57-30-14-6-24-45(57)49-36-38-51-47-26-10-18-34-61(47)76-68(51)66(49)73/h3-39H,1-2H3. The minimum absolute atomic E-state index is 0.366. The van der Waals surface area contributed by atoms with Crippen LogP contribution < -0.4 is 0 Å². The Morgan fingerprint density at radius 2 is 0.671 bits per heavy atom. The van der Waals surface area contributed by atoms with Crippen LogP contribution in [-0.2, 0) is 5.54 Å². The highest BCUT2D eigenvalue weighted by Gasteiger charge is 2.39. The van der Waals surface area contributed by atoms with Gasteiger partial charge in [-0.3, -0.25) is 0 Å². The topological polar surface area (TPSA) is 41.1 Å². The summed E-state index contributed by atoms with van der Waals surface area (Å²) in [6, 6.07) is 74.9. The van der Waals surface area contributed by atoms with Crippen molar-refractivity contribution in [3.63, 3.8) is 0 Å². The van der Waals surface area contributed by atoms with E-state index >= 15 is 8.78 Å². The minimum atomic E-state index is -1.06. The molecule has 0 aliphatic rings. The monoisotopic (exact) mass is 983 g/mol. The van der Waals surface area contributed by atoms with E-state index in [4.69, 9.17) is 8.83 Å². The molecule has 0 fully saturated rings. The van der Waals surface area contributed by atoms with E-state index in [1.807, 2.05) is 66.7 Å². The normalized spacial score (nSPS) is 12.5. The Labute approximate surface area is 433 Å². The number of halogens is 2. The third-order valence-electron chi connectivity index (χ3n) is 16.2. The smallest absolute Gasteiger partial charge is 0.160 e. The van der Waals surface area contributed by atoms with E-state index in [2.05, 4.69) is 161 Å². The van der Waals surface area contributed by atoms with Crippen LogP contribution in [0.2, 0.25) is 0 Å². The van der Waals surface area contributed by atoms with Gasteiger partial charge in [0, 0.05) is 92.7 Å². The molecule has 0 unspecified atom stereocenters. The molecule has 0 aliphatic heterocycles. The first-order chi connectivity index (χ1) is 37.3. The number of hydrogen-bond donors (Lipinski definition) is 0. The number of aromatic nitrogens is 3. The van der Waals surface area contributed by atoms with Crippen molar-refractivity contribution in [3.05, 3.63) is 242 Å². The Hall–Kier alpha value is -9.72. The molecule has 16 rings (SSSR count). The van der Waals surface area contributed by atoms with Crippen LogP contribution in [0.5, 0.6) is 0 Å². The van der Waals surface area contributed by atoms with Crippen molar-refractivity contribution in [2.75, 3.05) is 0 Å². The van der Waals surface area contributed by atoms with E-state index in [1.165, 1.54) is 12.1 Å². The van der Waals surface area contributed by atoms with Crippen molar-refractivity contribution >= 4 is 109 Å². The molecule has 0 spiro atoms. The Morgan fingerprint density at radius 3 is 1.11 bits per heavy atom. The van der Waals surface area contributed by atoms with Gasteiger partial charge in [0.2, 0.25) is 0 Å². The van der Waals surface area contributed by atoms with Crippen LogP contribution in [-0.4, -0.2) is 13.7 Å². The van der Waals surface area contributed by atoms with Crippen molar-refractivity contribution in [1.29, 1.82) is 0 Å². The fraction of sp³-hybridized carbons (Fsp3) is 0.0435. The van der Waals surface area contributed by atoms with Gasteiger partial charge < -0.3 is 22.5 Å². The highest BCUT2D eigenvalue weighted by molar-refractivity contribution is 6.24. The molecule has 0 saturated carbocycles. The lowest BCUT2D eigenvalue weighted by atomic mass is 9.82. The molecule has 7 heteroatoms. The van der Waals surface area contributed by atoms with Gasteiger partial charge in [-0.2, -0.15) is 0 Å². The van der Waals surface area contributed by atoms with Crippen molar-refractivity contribution in [1.82, 2.24) is 13.7 Å². The summed E-state index contributed by atoms with van der Waals surface area (Å²) >= 11 is 0. The molecule has 0 atom stereocenters. The zero-order chi connectivity index (χ0) is 50.6. The first kappa shape index (κ1) is 42.8. The minimum Gasteiger partial charge on any atom is -0.454 e. The van der Waals surface area contributed by atoms with Crippen molar-refractivity contribution < 1.29 is 17.6 Å². The van der Waals surface area contributed by atoms with Crippen LogP contribution in [0.3, 0.4) is 0 Å². The molecular formula is C69H43F2N3O2. The van der Waals surface area contributed by atoms with Crippen LogP contribution in [0.1, 0.15) is 19.4 Å².